The fourth-order valence-corrected chi connectivity index (χ4v) is 1.80. The van der Waals surface area contributed by atoms with Crippen LogP contribution in [0.25, 0.3) is 0 Å². The molecule has 18 heavy (non-hydrogen) atoms. The minimum atomic E-state index is -0.0464. The van der Waals surface area contributed by atoms with Crippen molar-refractivity contribution in [1.82, 2.24) is 4.90 Å². The average Bonchev–Trinajstić information content (AvgIpc) is 3.20. The van der Waals surface area contributed by atoms with Crippen LogP contribution in [0.5, 0.6) is 5.75 Å². The maximum atomic E-state index is 11.8. The maximum absolute atomic E-state index is 11.8. The van der Waals surface area contributed by atoms with Crippen LogP contribution in [0.15, 0.2) is 18.2 Å². The molecule has 0 aliphatic heterocycles. The van der Waals surface area contributed by atoms with Gasteiger partial charge in [0.1, 0.15) is 5.75 Å². The minimum absolute atomic E-state index is 0.0170. The molecule has 1 saturated carbocycles. The van der Waals surface area contributed by atoms with Gasteiger partial charge in [-0.3, -0.25) is 9.59 Å². The zero-order chi connectivity index (χ0) is 13.1. The Kier molecular flexibility index (Phi) is 3.65. The molecule has 1 aliphatic carbocycles. The Morgan fingerprint density at radius 2 is 2.22 bits per heavy atom. The number of benzene rings is 1. The van der Waals surface area contributed by atoms with Gasteiger partial charge in [0.25, 0.3) is 5.91 Å². The van der Waals surface area contributed by atoms with Crippen molar-refractivity contribution in [2.45, 2.75) is 25.8 Å². The Bertz CT molecular complexity index is 466. The molecular formula is C14H17NO3. The molecule has 1 fully saturated rings. The molecule has 0 spiro atoms. The summed E-state index contributed by atoms with van der Waals surface area (Å²) in [6.45, 7) is 1.89. The Hall–Kier alpha value is -1.84. The molecule has 0 N–H and O–H groups in total. The van der Waals surface area contributed by atoms with E-state index in [0.29, 0.717) is 17.4 Å². The molecule has 0 saturated heterocycles. The monoisotopic (exact) mass is 247 g/mol. The smallest absolute Gasteiger partial charge is 0.260 e. The second-order valence-corrected chi connectivity index (χ2v) is 4.68. The van der Waals surface area contributed by atoms with E-state index in [9.17, 15) is 9.59 Å². The molecule has 0 radical (unpaired) electrons. The van der Waals surface area contributed by atoms with Crippen molar-refractivity contribution in [2.75, 3.05) is 13.7 Å². The van der Waals surface area contributed by atoms with Gasteiger partial charge in [0.15, 0.2) is 12.9 Å². The number of rotatable bonds is 5. The highest BCUT2D eigenvalue weighted by Gasteiger charge is 2.29. The van der Waals surface area contributed by atoms with E-state index in [-0.39, 0.29) is 12.5 Å². The largest absolute Gasteiger partial charge is 0.483 e. The summed E-state index contributed by atoms with van der Waals surface area (Å²) in [6, 6.07) is 5.71. The SMILES string of the molecule is Cc1ccc(OCC(=O)N(C)C2CC2)c(C=O)c1. The van der Waals surface area contributed by atoms with Crippen LogP contribution < -0.4 is 4.74 Å². The molecule has 1 amide bonds. The summed E-state index contributed by atoms with van der Waals surface area (Å²) in [5.41, 5.74) is 1.47. The van der Waals surface area contributed by atoms with Gasteiger partial charge < -0.3 is 9.64 Å². The Morgan fingerprint density at radius 3 is 2.83 bits per heavy atom. The van der Waals surface area contributed by atoms with Crippen molar-refractivity contribution < 1.29 is 14.3 Å². The van der Waals surface area contributed by atoms with Crippen LogP contribution in [-0.4, -0.2) is 36.8 Å². The summed E-state index contributed by atoms with van der Waals surface area (Å²) in [6.07, 6.45) is 2.90. The number of aldehydes is 1. The minimum Gasteiger partial charge on any atom is -0.483 e. The quantitative estimate of drug-likeness (QED) is 0.745. The van der Waals surface area contributed by atoms with Gasteiger partial charge in [-0.1, -0.05) is 11.6 Å². The summed E-state index contributed by atoms with van der Waals surface area (Å²) in [5, 5.41) is 0. The lowest BCUT2D eigenvalue weighted by Gasteiger charge is -2.17. The highest BCUT2D eigenvalue weighted by atomic mass is 16.5. The van der Waals surface area contributed by atoms with Crippen LogP contribution >= 0.6 is 0 Å². The molecule has 1 aromatic rings. The van der Waals surface area contributed by atoms with Crippen LogP contribution in [0.3, 0.4) is 0 Å². The molecule has 0 unspecified atom stereocenters. The van der Waals surface area contributed by atoms with Gasteiger partial charge >= 0.3 is 0 Å². The third-order valence-electron chi connectivity index (χ3n) is 3.13. The summed E-state index contributed by atoms with van der Waals surface area (Å²) in [5.74, 6) is 0.420. The van der Waals surface area contributed by atoms with E-state index in [0.717, 1.165) is 24.7 Å². The Balaban J connectivity index is 1.97. The number of carbonyl (C=O) groups excluding carboxylic acids is 2. The first-order valence-electron chi connectivity index (χ1n) is 6.06. The molecule has 1 aromatic carbocycles. The third kappa shape index (κ3) is 2.88. The second-order valence-electron chi connectivity index (χ2n) is 4.68. The van der Waals surface area contributed by atoms with Crippen molar-refractivity contribution in [1.29, 1.82) is 0 Å². The lowest BCUT2D eigenvalue weighted by atomic mass is 10.1. The second kappa shape index (κ2) is 5.21. The molecule has 0 atom stereocenters. The van der Waals surface area contributed by atoms with Gasteiger partial charge in [-0.05, 0) is 31.9 Å². The van der Waals surface area contributed by atoms with Crippen molar-refractivity contribution in [3.63, 3.8) is 0 Å². The number of hydrogen-bond acceptors (Lipinski definition) is 3. The normalized spacial score (nSPS) is 14.1. The Labute approximate surface area is 107 Å². The molecule has 2 rings (SSSR count). The lowest BCUT2D eigenvalue weighted by molar-refractivity contribution is -0.132. The van der Waals surface area contributed by atoms with E-state index in [1.54, 1.807) is 24.1 Å². The number of ether oxygens (including phenoxy) is 1. The van der Waals surface area contributed by atoms with E-state index in [2.05, 4.69) is 0 Å². The highest BCUT2D eigenvalue weighted by Crippen LogP contribution is 2.25. The number of nitrogens with zero attached hydrogens (tertiary/aromatic N) is 1. The predicted octanol–water partition coefficient (Wildman–Crippen LogP) is 1.81. The molecular weight excluding hydrogens is 230 g/mol. The average molecular weight is 247 g/mol. The molecule has 0 heterocycles. The predicted molar refractivity (Wildman–Crippen MR) is 67.9 cm³/mol. The number of aryl methyl sites for hydroxylation is 1. The van der Waals surface area contributed by atoms with Gasteiger partial charge in [0.2, 0.25) is 0 Å². The molecule has 0 aromatic heterocycles. The number of likely N-dealkylation sites (N-methyl/N-ethyl adjacent to an activating group) is 1. The first-order valence-corrected chi connectivity index (χ1v) is 6.06. The third-order valence-corrected chi connectivity index (χ3v) is 3.13. The number of amides is 1. The van der Waals surface area contributed by atoms with Crippen LogP contribution in [0.1, 0.15) is 28.8 Å². The van der Waals surface area contributed by atoms with Crippen LogP contribution in [0.4, 0.5) is 0 Å². The van der Waals surface area contributed by atoms with E-state index < -0.39 is 0 Å². The fourth-order valence-electron chi connectivity index (χ4n) is 1.80. The number of carbonyl (C=O) groups is 2. The van der Waals surface area contributed by atoms with Crippen molar-refractivity contribution in [3.8, 4) is 5.75 Å². The van der Waals surface area contributed by atoms with Crippen LogP contribution in [-0.2, 0) is 4.79 Å². The molecule has 0 bridgehead atoms. The summed E-state index contributed by atoms with van der Waals surface area (Å²) >= 11 is 0. The van der Waals surface area contributed by atoms with Gasteiger partial charge in [-0.15, -0.1) is 0 Å². The summed E-state index contributed by atoms with van der Waals surface area (Å²) in [7, 11) is 1.79. The topological polar surface area (TPSA) is 46.6 Å². The maximum Gasteiger partial charge on any atom is 0.260 e. The fraction of sp³-hybridized carbons (Fsp3) is 0.429. The Morgan fingerprint density at radius 1 is 1.50 bits per heavy atom. The zero-order valence-electron chi connectivity index (χ0n) is 10.7. The van der Waals surface area contributed by atoms with Crippen molar-refractivity contribution in [3.05, 3.63) is 29.3 Å². The molecule has 1 aliphatic rings. The van der Waals surface area contributed by atoms with Crippen molar-refractivity contribution >= 4 is 12.2 Å². The van der Waals surface area contributed by atoms with Gasteiger partial charge in [-0.2, -0.15) is 0 Å². The van der Waals surface area contributed by atoms with E-state index >= 15 is 0 Å². The van der Waals surface area contributed by atoms with E-state index in [4.69, 9.17) is 4.74 Å². The summed E-state index contributed by atoms with van der Waals surface area (Å²) in [4.78, 5) is 24.4. The zero-order valence-corrected chi connectivity index (χ0v) is 10.7. The van der Waals surface area contributed by atoms with Crippen LogP contribution in [0, 0.1) is 6.92 Å². The van der Waals surface area contributed by atoms with Crippen LogP contribution in [0.2, 0.25) is 0 Å². The summed E-state index contributed by atoms with van der Waals surface area (Å²) < 4.78 is 5.42. The van der Waals surface area contributed by atoms with Gasteiger partial charge in [0.05, 0.1) is 5.56 Å². The standard InChI is InChI=1S/C14H17NO3/c1-10-3-6-13(11(7-10)8-16)18-9-14(17)15(2)12-4-5-12/h3,6-8,12H,4-5,9H2,1-2H3. The van der Waals surface area contributed by atoms with E-state index in [1.165, 1.54) is 0 Å². The number of hydrogen-bond donors (Lipinski definition) is 0. The van der Waals surface area contributed by atoms with Gasteiger partial charge in [-0.25, -0.2) is 0 Å². The molecule has 4 nitrogen and oxygen atoms in total. The lowest BCUT2D eigenvalue weighted by Crippen LogP contribution is -2.33. The first kappa shape index (κ1) is 12.6. The molecule has 96 valence electrons. The molecule has 4 heteroatoms. The van der Waals surface area contributed by atoms with E-state index in [1.807, 2.05) is 13.0 Å². The highest BCUT2D eigenvalue weighted by molar-refractivity contribution is 5.81. The van der Waals surface area contributed by atoms with Crippen molar-refractivity contribution in [2.24, 2.45) is 0 Å². The first-order chi connectivity index (χ1) is 8.61. The van der Waals surface area contributed by atoms with Gasteiger partial charge in [0, 0.05) is 13.1 Å².